The van der Waals surface area contributed by atoms with Crippen LogP contribution in [-0.4, -0.2) is 0 Å². The van der Waals surface area contributed by atoms with Crippen molar-refractivity contribution < 1.29 is 0 Å². The Kier molecular flexibility index (Phi) is 10.5. The number of rotatable bonds is 9. The lowest BCUT2D eigenvalue weighted by Crippen LogP contribution is -2.18. The largest absolute Gasteiger partial charge is 0.310 e. The zero-order chi connectivity index (χ0) is 47.2. The summed E-state index contributed by atoms with van der Waals surface area (Å²) in [6, 6.07) is 71.0. The zero-order valence-electron chi connectivity index (χ0n) is 41.7. The van der Waals surface area contributed by atoms with E-state index < -0.39 is 0 Å². The molecule has 0 heterocycles. The van der Waals surface area contributed by atoms with E-state index in [0.29, 0.717) is 5.92 Å². The van der Waals surface area contributed by atoms with Crippen LogP contribution in [0.25, 0.3) is 22.3 Å². The molecule has 0 spiro atoms. The van der Waals surface area contributed by atoms with Crippen LogP contribution in [-0.2, 0) is 31.1 Å². The molecule has 0 aromatic heterocycles. The summed E-state index contributed by atoms with van der Waals surface area (Å²) in [4.78, 5) is 5.19. The average Bonchev–Trinajstić information content (AvgIpc) is 4.28. The van der Waals surface area contributed by atoms with Gasteiger partial charge in [-0.05, 0) is 227 Å². The third-order valence-electron chi connectivity index (χ3n) is 18.8. The van der Waals surface area contributed by atoms with Gasteiger partial charge in [0, 0.05) is 39.5 Å². The predicted octanol–water partition coefficient (Wildman–Crippen LogP) is 18.3. The third kappa shape index (κ3) is 7.50. The highest BCUT2D eigenvalue weighted by Gasteiger charge is 2.42. The highest BCUT2D eigenvalue weighted by Crippen LogP contribution is 2.57. The molecular weight excluding hydrogens is 857 g/mol. The van der Waals surface area contributed by atoms with E-state index in [1.807, 2.05) is 0 Å². The van der Waals surface area contributed by atoms with E-state index in [4.69, 9.17) is 0 Å². The lowest BCUT2D eigenvalue weighted by Gasteiger charge is -2.32. The molecule has 8 bridgehead atoms. The van der Waals surface area contributed by atoms with Gasteiger partial charge in [-0.2, -0.15) is 0 Å². The van der Waals surface area contributed by atoms with Crippen molar-refractivity contribution in [3.8, 4) is 22.3 Å². The van der Waals surface area contributed by atoms with Crippen molar-refractivity contribution in [1.82, 2.24) is 0 Å². The van der Waals surface area contributed by atoms with E-state index in [9.17, 15) is 0 Å². The first kappa shape index (κ1) is 43.2. The Bertz CT molecular complexity index is 3270. The maximum atomic E-state index is 2.64. The van der Waals surface area contributed by atoms with Gasteiger partial charge in [0.15, 0.2) is 0 Å². The predicted molar refractivity (Wildman–Crippen MR) is 296 cm³/mol. The van der Waals surface area contributed by atoms with Gasteiger partial charge >= 0.3 is 0 Å². The molecule has 6 atom stereocenters. The van der Waals surface area contributed by atoms with Crippen molar-refractivity contribution in [2.24, 2.45) is 23.7 Å². The van der Waals surface area contributed by atoms with Gasteiger partial charge in [0.1, 0.15) is 0 Å². The molecular formula is C69H66N2. The minimum Gasteiger partial charge on any atom is -0.310 e. The van der Waals surface area contributed by atoms with E-state index in [-0.39, 0.29) is 5.41 Å². The molecule has 4 fully saturated rings. The van der Waals surface area contributed by atoms with E-state index in [2.05, 4.69) is 206 Å². The van der Waals surface area contributed by atoms with Crippen LogP contribution in [0.5, 0.6) is 0 Å². The van der Waals surface area contributed by atoms with E-state index in [0.717, 1.165) is 55.3 Å². The maximum Gasteiger partial charge on any atom is 0.0496 e. The molecule has 9 aliphatic carbocycles. The molecule has 0 N–H and O–H groups in total. The summed E-state index contributed by atoms with van der Waals surface area (Å²) in [5.41, 5.74) is 24.1. The zero-order valence-corrected chi connectivity index (χ0v) is 41.7. The molecule has 71 heavy (non-hydrogen) atoms. The molecule has 8 aromatic carbocycles. The fraction of sp³-hybridized carbons (Fsp3) is 0.304. The summed E-state index contributed by atoms with van der Waals surface area (Å²) < 4.78 is 0. The van der Waals surface area contributed by atoms with Gasteiger partial charge in [-0.1, -0.05) is 148 Å². The molecule has 8 aromatic rings. The summed E-state index contributed by atoms with van der Waals surface area (Å²) in [5.74, 6) is 5.02. The van der Waals surface area contributed by atoms with Crippen LogP contribution >= 0.6 is 0 Å². The number of aryl methyl sites for hydroxylation is 4. The Hall–Kier alpha value is -6.64. The molecule has 352 valence electrons. The Morgan fingerprint density at radius 2 is 0.901 bits per heavy atom. The SMILES string of the molecule is CC1(C)c2ccccc2-c2c(-c3ccccc3)cc(N(c3ccc(C4CC5CCC4C5)cc3)c3cc4ccc3CCc3ccc(c(N(c5ccccc5)c5ccc(C6CC7CCC6C7)cc5)c3)CC4)cc21. The number of anilines is 6. The van der Waals surface area contributed by atoms with E-state index in [1.165, 1.54) is 147 Å². The highest BCUT2D eigenvalue weighted by molar-refractivity contribution is 5.96. The summed E-state index contributed by atoms with van der Waals surface area (Å²) in [6.45, 7) is 4.86. The fourth-order valence-electron chi connectivity index (χ4n) is 15.2. The van der Waals surface area contributed by atoms with Crippen LogP contribution in [0, 0.1) is 23.7 Å². The minimum absolute atomic E-state index is 0.154. The van der Waals surface area contributed by atoms with Gasteiger partial charge in [-0.15, -0.1) is 0 Å². The quantitative estimate of drug-likeness (QED) is 0.142. The third-order valence-corrected chi connectivity index (χ3v) is 18.8. The van der Waals surface area contributed by atoms with Crippen LogP contribution in [0.15, 0.2) is 182 Å². The van der Waals surface area contributed by atoms with Gasteiger partial charge in [-0.3, -0.25) is 0 Å². The highest BCUT2D eigenvalue weighted by atomic mass is 15.2. The molecule has 6 unspecified atom stereocenters. The number of hydrogen-bond donors (Lipinski definition) is 0. The van der Waals surface area contributed by atoms with Crippen LogP contribution in [0.2, 0.25) is 0 Å². The lowest BCUT2D eigenvalue weighted by molar-refractivity contribution is 0.420. The summed E-state index contributed by atoms with van der Waals surface area (Å²) in [5, 5.41) is 0. The standard InChI is InChI=1S/C69H66N2/c1-69(2)64-16-10-9-15-60(64)68-63(49-11-5-3-6-12-49)43-59(44-65(68)69)71(58-35-31-51(32-36-58)62-40-48-22-28-55(62)38-48)67-42-46-18-24-52-23-17-45(19-25-53(67)26-20-46)41-66(52)70(56-13-7-4-8-14-56)57-33-29-50(30-34-57)61-39-47-21-27-54(61)37-47/h3-17,20,23,26,29-36,41-44,47-48,54-55,61-62H,18-19,21-22,24-25,27-28,37-40H2,1-2H3. The van der Waals surface area contributed by atoms with Gasteiger partial charge in [-0.25, -0.2) is 0 Å². The van der Waals surface area contributed by atoms with Crippen molar-refractivity contribution in [3.05, 3.63) is 226 Å². The summed E-state index contributed by atoms with van der Waals surface area (Å²) in [7, 11) is 0. The number of benzene rings is 8. The number of para-hydroxylation sites is 1. The Balaban J connectivity index is 0.874. The first-order chi connectivity index (χ1) is 34.9. The van der Waals surface area contributed by atoms with Crippen molar-refractivity contribution >= 4 is 34.1 Å². The molecule has 2 nitrogen and oxygen atoms in total. The van der Waals surface area contributed by atoms with E-state index >= 15 is 0 Å². The smallest absolute Gasteiger partial charge is 0.0496 e. The first-order valence-corrected chi connectivity index (χ1v) is 27.3. The second kappa shape index (κ2) is 17.3. The van der Waals surface area contributed by atoms with Crippen LogP contribution in [0.3, 0.4) is 0 Å². The van der Waals surface area contributed by atoms with Crippen molar-refractivity contribution in [2.75, 3.05) is 9.80 Å². The lowest BCUT2D eigenvalue weighted by atomic mass is 9.81. The normalized spacial score (nSPS) is 23.1. The monoisotopic (exact) mass is 923 g/mol. The van der Waals surface area contributed by atoms with Crippen molar-refractivity contribution in [3.63, 3.8) is 0 Å². The van der Waals surface area contributed by atoms with Gasteiger partial charge in [0.2, 0.25) is 0 Å². The van der Waals surface area contributed by atoms with Crippen LogP contribution in [0.4, 0.5) is 34.1 Å². The fourth-order valence-corrected chi connectivity index (χ4v) is 15.2. The molecule has 0 saturated heterocycles. The topological polar surface area (TPSA) is 6.48 Å². The first-order valence-electron chi connectivity index (χ1n) is 27.3. The molecule has 2 heteroatoms. The van der Waals surface area contributed by atoms with Crippen molar-refractivity contribution in [1.29, 1.82) is 0 Å². The number of fused-ring (bicyclic) bond motifs is 7. The maximum absolute atomic E-state index is 2.64. The number of hydrogen-bond acceptors (Lipinski definition) is 2. The minimum atomic E-state index is -0.154. The Morgan fingerprint density at radius 3 is 1.44 bits per heavy atom. The molecule has 4 saturated carbocycles. The van der Waals surface area contributed by atoms with Gasteiger partial charge in [0.05, 0.1) is 0 Å². The molecule has 9 aliphatic rings. The van der Waals surface area contributed by atoms with Crippen LogP contribution < -0.4 is 9.80 Å². The summed E-state index contributed by atoms with van der Waals surface area (Å²) in [6.07, 6.45) is 15.1. The van der Waals surface area contributed by atoms with Gasteiger partial charge < -0.3 is 9.80 Å². The Labute approximate surface area is 422 Å². The van der Waals surface area contributed by atoms with Gasteiger partial charge in [0.25, 0.3) is 0 Å². The molecule has 0 aliphatic heterocycles. The van der Waals surface area contributed by atoms with Crippen LogP contribution in [0.1, 0.15) is 122 Å². The average molecular weight is 923 g/mol. The summed E-state index contributed by atoms with van der Waals surface area (Å²) >= 11 is 0. The molecule has 17 rings (SSSR count). The number of nitrogens with zero attached hydrogens (tertiary/aromatic N) is 2. The van der Waals surface area contributed by atoms with Crippen molar-refractivity contribution in [2.45, 2.75) is 108 Å². The molecule has 0 radical (unpaired) electrons. The second-order valence-electron chi connectivity index (χ2n) is 23.1. The Morgan fingerprint density at radius 1 is 0.394 bits per heavy atom. The van der Waals surface area contributed by atoms with E-state index in [1.54, 1.807) is 5.56 Å². The second-order valence-corrected chi connectivity index (χ2v) is 23.1. The molecule has 0 amide bonds.